The molecule has 0 saturated heterocycles. The minimum atomic E-state index is -4.45. The predicted molar refractivity (Wildman–Crippen MR) is 97.9 cm³/mol. The standard InChI is InChI=1S/C21H14F5NO2/c22-20(23)29-18-10-4-13(5-11-18)14-2-1-3-15(12-14)19(28)27-17-8-6-16(7-9-17)21(24,25)26/h1-12,20H,(H,27,28). The average Bonchev–Trinajstić information content (AvgIpc) is 2.68. The van der Waals surface area contributed by atoms with E-state index in [1.54, 1.807) is 36.4 Å². The number of benzene rings is 3. The number of carbonyl (C=O) groups excluding carboxylic acids is 1. The second kappa shape index (κ2) is 8.30. The van der Waals surface area contributed by atoms with E-state index in [0.717, 1.165) is 12.1 Å². The first kappa shape index (κ1) is 20.3. The Morgan fingerprint density at radius 1 is 0.862 bits per heavy atom. The fourth-order valence-corrected chi connectivity index (χ4v) is 2.61. The van der Waals surface area contributed by atoms with Gasteiger partial charge in [-0.2, -0.15) is 22.0 Å². The van der Waals surface area contributed by atoms with E-state index < -0.39 is 24.3 Å². The topological polar surface area (TPSA) is 38.3 Å². The summed E-state index contributed by atoms with van der Waals surface area (Å²) in [5, 5.41) is 2.54. The maximum atomic E-state index is 12.6. The smallest absolute Gasteiger partial charge is 0.416 e. The van der Waals surface area contributed by atoms with E-state index in [-0.39, 0.29) is 17.0 Å². The number of ether oxygens (including phenoxy) is 1. The largest absolute Gasteiger partial charge is 0.435 e. The molecular formula is C21H14F5NO2. The zero-order valence-electron chi connectivity index (χ0n) is 14.7. The van der Waals surface area contributed by atoms with Crippen molar-refractivity contribution < 1.29 is 31.5 Å². The molecule has 0 aliphatic heterocycles. The molecule has 0 aromatic heterocycles. The first-order chi connectivity index (χ1) is 13.7. The Hall–Kier alpha value is -3.42. The van der Waals surface area contributed by atoms with Gasteiger partial charge in [0.1, 0.15) is 5.75 Å². The monoisotopic (exact) mass is 407 g/mol. The molecule has 1 N–H and O–H groups in total. The highest BCUT2D eigenvalue weighted by Crippen LogP contribution is 2.30. The van der Waals surface area contributed by atoms with Crippen LogP contribution in [-0.4, -0.2) is 12.5 Å². The molecule has 0 spiro atoms. The number of hydrogen-bond donors (Lipinski definition) is 1. The van der Waals surface area contributed by atoms with Gasteiger partial charge in [-0.15, -0.1) is 0 Å². The lowest BCUT2D eigenvalue weighted by Gasteiger charge is -2.10. The van der Waals surface area contributed by atoms with Gasteiger partial charge in [0.2, 0.25) is 0 Å². The van der Waals surface area contributed by atoms with Gasteiger partial charge in [0, 0.05) is 11.3 Å². The highest BCUT2D eigenvalue weighted by molar-refractivity contribution is 6.05. The first-order valence-electron chi connectivity index (χ1n) is 8.36. The number of amides is 1. The maximum absolute atomic E-state index is 12.6. The third-order valence-electron chi connectivity index (χ3n) is 4.01. The number of hydrogen-bond acceptors (Lipinski definition) is 2. The molecule has 3 aromatic rings. The summed E-state index contributed by atoms with van der Waals surface area (Å²) in [5.74, 6) is -0.482. The number of carbonyl (C=O) groups is 1. The van der Waals surface area contributed by atoms with Crippen LogP contribution in [0.3, 0.4) is 0 Å². The number of halogens is 5. The summed E-state index contributed by atoms with van der Waals surface area (Å²) in [6, 6.07) is 16.5. The maximum Gasteiger partial charge on any atom is 0.416 e. The molecule has 1 amide bonds. The van der Waals surface area contributed by atoms with Crippen molar-refractivity contribution in [2.45, 2.75) is 12.8 Å². The lowest BCUT2D eigenvalue weighted by atomic mass is 10.0. The zero-order chi connectivity index (χ0) is 21.0. The number of alkyl halides is 5. The van der Waals surface area contributed by atoms with Crippen molar-refractivity contribution >= 4 is 11.6 Å². The van der Waals surface area contributed by atoms with Crippen LogP contribution in [0.1, 0.15) is 15.9 Å². The van der Waals surface area contributed by atoms with Crippen molar-refractivity contribution in [3.05, 3.63) is 83.9 Å². The van der Waals surface area contributed by atoms with Gasteiger partial charge in [-0.1, -0.05) is 24.3 Å². The molecule has 0 unspecified atom stereocenters. The molecule has 0 bridgehead atoms. The third kappa shape index (κ3) is 5.31. The van der Waals surface area contributed by atoms with Crippen molar-refractivity contribution in [1.82, 2.24) is 0 Å². The Balaban J connectivity index is 1.74. The van der Waals surface area contributed by atoms with Gasteiger partial charge in [-0.3, -0.25) is 4.79 Å². The van der Waals surface area contributed by atoms with Gasteiger partial charge in [0.25, 0.3) is 5.91 Å². The van der Waals surface area contributed by atoms with Crippen LogP contribution in [-0.2, 0) is 6.18 Å². The summed E-state index contributed by atoms with van der Waals surface area (Å²) >= 11 is 0. The molecule has 29 heavy (non-hydrogen) atoms. The van der Waals surface area contributed by atoms with E-state index >= 15 is 0 Å². The van der Waals surface area contributed by atoms with Crippen molar-refractivity contribution in [2.24, 2.45) is 0 Å². The van der Waals surface area contributed by atoms with Crippen LogP contribution >= 0.6 is 0 Å². The van der Waals surface area contributed by atoms with Crippen LogP contribution < -0.4 is 10.1 Å². The van der Waals surface area contributed by atoms with Crippen molar-refractivity contribution in [1.29, 1.82) is 0 Å². The number of anilines is 1. The molecule has 3 nitrogen and oxygen atoms in total. The van der Waals surface area contributed by atoms with E-state index in [2.05, 4.69) is 10.1 Å². The number of rotatable bonds is 5. The van der Waals surface area contributed by atoms with Crippen LogP contribution in [0.2, 0.25) is 0 Å². The second-order valence-corrected chi connectivity index (χ2v) is 6.01. The quantitative estimate of drug-likeness (QED) is 0.510. The molecule has 0 heterocycles. The summed E-state index contributed by atoms with van der Waals surface area (Å²) in [7, 11) is 0. The Morgan fingerprint density at radius 2 is 1.52 bits per heavy atom. The Kier molecular flexibility index (Phi) is 5.81. The molecule has 0 aliphatic rings. The van der Waals surface area contributed by atoms with Gasteiger partial charge in [0.15, 0.2) is 0 Å². The summed E-state index contributed by atoms with van der Waals surface area (Å²) in [5.41, 5.74) is 1.04. The molecule has 0 radical (unpaired) electrons. The fourth-order valence-electron chi connectivity index (χ4n) is 2.61. The van der Waals surface area contributed by atoms with E-state index in [1.807, 2.05) is 0 Å². The van der Waals surface area contributed by atoms with Gasteiger partial charge in [-0.25, -0.2) is 0 Å². The van der Waals surface area contributed by atoms with E-state index in [1.165, 1.54) is 24.3 Å². The van der Waals surface area contributed by atoms with Crippen molar-refractivity contribution in [3.63, 3.8) is 0 Å². The summed E-state index contributed by atoms with van der Waals surface area (Å²) < 4.78 is 66.6. The van der Waals surface area contributed by atoms with Crippen LogP contribution in [0.15, 0.2) is 72.8 Å². The fraction of sp³-hybridized carbons (Fsp3) is 0.0952. The van der Waals surface area contributed by atoms with Gasteiger partial charge >= 0.3 is 12.8 Å². The third-order valence-corrected chi connectivity index (χ3v) is 4.01. The molecule has 0 saturated carbocycles. The highest BCUT2D eigenvalue weighted by atomic mass is 19.4. The molecule has 8 heteroatoms. The van der Waals surface area contributed by atoms with Crippen molar-refractivity contribution in [2.75, 3.05) is 5.32 Å². The van der Waals surface area contributed by atoms with Gasteiger partial charge in [0.05, 0.1) is 5.56 Å². The van der Waals surface area contributed by atoms with Crippen molar-refractivity contribution in [3.8, 4) is 16.9 Å². The molecule has 3 rings (SSSR count). The minimum absolute atomic E-state index is 0.0138. The average molecular weight is 407 g/mol. The van der Waals surface area contributed by atoms with Crippen LogP contribution in [0.25, 0.3) is 11.1 Å². The van der Waals surface area contributed by atoms with Crippen LogP contribution in [0, 0.1) is 0 Å². The Bertz CT molecular complexity index is 983. The lowest BCUT2D eigenvalue weighted by Crippen LogP contribution is -2.12. The first-order valence-corrected chi connectivity index (χ1v) is 8.36. The molecule has 0 aliphatic carbocycles. The predicted octanol–water partition coefficient (Wildman–Crippen LogP) is 6.23. The normalized spacial score (nSPS) is 11.4. The SMILES string of the molecule is O=C(Nc1ccc(C(F)(F)F)cc1)c1cccc(-c2ccc(OC(F)F)cc2)c1. The van der Waals surface area contributed by atoms with E-state index in [4.69, 9.17) is 0 Å². The zero-order valence-corrected chi connectivity index (χ0v) is 14.7. The molecule has 3 aromatic carbocycles. The van der Waals surface area contributed by atoms with Crippen LogP contribution in [0.4, 0.5) is 27.6 Å². The van der Waals surface area contributed by atoms with Gasteiger partial charge in [-0.05, 0) is 59.7 Å². The van der Waals surface area contributed by atoms with Crippen LogP contribution in [0.5, 0.6) is 5.75 Å². The Labute approximate surface area is 162 Å². The summed E-state index contributed by atoms with van der Waals surface area (Å²) in [6.07, 6.45) is -4.45. The highest BCUT2D eigenvalue weighted by Gasteiger charge is 2.30. The molecule has 0 fully saturated rings. The summed E-state index contributed by atoms with van der Waals surface area (Å²) in [4.78, 5) is 12.4. The molecule has 0 atom stereocenters. The summed E-state index contributed by atoms with van der Waals surface area (Å²) in [6.45, 7) is -2.92. The lowest BCUT2D eigenvalue weighted by molar-refractivity contribution is -0.137. The van der Waals surface area contributed by atoms with E-state index in [9.17, 15) is 26.7 Å². The number of nitrogens with one attached hydrogen (secondary N) is 1. The Morgan fingerprint density at radius 3 is 2.10 bits per heavy atom. The van der Waals surface area contributed by atoms with Gasteiger partial charge < -0.3 is 10.1 Å². The minimum Gasteiger partial charge on any atom is -0.435 e. The molecule has 150 valence electrons. The second-order valence-electron chi connectivity index (χ2n) is 6.01. The van der Waals surface area contributed by atoms with E-state index in [0.29, 0.717) is 11.1 Å². The molecular weight excluding hydrogens is 393 g/mol.